The maximum atomic E-state index is 11.0. The highest BCUT2D eigenvalue weighted by atomic mass is 35.5. The van der Waals surface area contributed by atoms with Gasteiger partial charge in [0.2, 0.25) is 0 Å². The van der Waals surface area contributed by atoms with E-state index in [4.69, 9.17) is 16.3 Å². The Morgan fingerprint density at radius 2 is 2.12 bits per heavy atom. The molecule has 0 N–H and O–H groups in total. The second kappa shape index (κ2) is 5.54. The molecule has 0 heterocycles. The number of halogens is 1. The van der Waals surface area contributed by atoms with Gasteiger partial charge >= 0.3 is 0 Å². The van der Waals surface area contributed by atoms with Crippen molar-refractivity contribution in [2.24, 2.45) is 5.92 Å². The lowest BCUT2D eigenvalue weighted by Gasteiger charge is -2.30. The van der Waals surface area contributed by atoms with Gasteiger partial charge in [-0.3, -0.25) is 4.79 Å². The molecule has 1 aliphatic rings. The van der Waals surface area contributed by atoms with E-state index in [9.17, 15) is 4.79 Å². The van der Waals surface area contributed by atoms with Crippen LogP contribution in [0.2, 0.25) is 5.02 Å². The number of para-hydroxylation sites is 1. The van der Waals surface area contributed by atoms with Gasteiger partial charge in [-0.1, -0.05) is 31.0 Å². The molecule has 1 aromatic carbocycles. The fourth-order valence-electron chi connectivity index (χ4n) is 2.35. The maximum Gasteiger partial charge on any atom is 0.153 e. The molecule has 0 aromatic heterocycles. The van der Waals surface area contributed by atoms with Gasteiger partial charge in [0, 0.05) is 0 Å². The monoisotopic (exact) mass is 252 g/mol. The lowest BCUT2D eigenvalue weighted by molar-refractivity contribution is 0.0987. The topological polar surface area (TPSA) is 26.3 Å². The van der Waals surface area contributed by atoms with E-state index in [1.807, 2.05) is 0 Å². The van der Waals surface area contributed by atoms with Gasteiger partial charge in [-0.2, -0.15) is 0 Å². The zero-order chi connectivity index (χ0) is 12.3. The number of carbonyl (C=O) groups is 1. The second-order valence-corrected chi connectivity index (χ2v) is 5.10. The van der Waals surface area contributed by atoms with Crippen molar-refractivity contribution in [1.82, 2.24) is 0 Å². The summed E-state index contributed by atoms with van der Waals surface area (Å²) in [7, 11) is 0. The van der Waals surface area contributed by atoms with Crippen molar-refractivity contribution in [3.05, 3.63) is 28.8 Å². The summed E-state index contributed by atoms with van der Waals surface area (Å²) in [6, 6.07) is 5.27. The van der Waals surface area contributed by atoms with Crippen LogP contribution in [0.15, 0.2) is 18.2 Å². The van der Waals surface area contributed by atoms with E-state index in [0.717, 1.165) is 12.7 Å². The minimum Gasteiger partial charge on any atom is -0.488 e. The van der Waals surface area contributed by atoms with E-state index in [0.29, 0.717) is 22.3 Å². The Labute approximate surface area is 107 Å². The van der Waals surface area contributed by atoms with Gasteiger partial charge < -0.3 is 4.74 Å². The zero-order valence-corrected chi connectivity index (χ0v) is 10.7. The van der Waals surface area contributed by atoms with E-state index < -0.39 is 0 Å². The Hall–Kier alpha value is -1.02. The highest BCUT2D eigenvalue weighted by molar-refractivity contribution is 6.32. The summed E-state index contributed by atoms with van der Waals surface area (Å²) in [6.07, 6.45) is 5.67. The number of ether oxygens (including phenoxy) is 1. The van der Waals surface area contributed by atoms with Crippen molar-refractivity contribution in [2.75, 3.05) is 0 Å². The molecule has 0 amide bonds. The van der Waals surface area contributed by atoms with Crippen molar-refractivity contribution >= 4 is 17.9 Å². The van der Waals surface area contributed by atoms with Crippen LogP contribution < -0.4 is 4.74 Å². The van der Waals surface area contributed by atoms with Crippen LogP contribution in [0.3, 0.4) is 0 Å². The summed E-state index contributed by atoms with van der Waals surface area (Å²) in [4.78, 5) is 11.0. The fourth-order valence-corrected chi connectivity index (χ4v) is 2.58. The quantitative estimate of drug-likeness (QED) is 0.757. The van der Waals surface area contributed by atoms with Crippen LogP contribution in [-0.2, 0) is 0 Å². The summed E-state index contributed by atoms with van der Waals surface area (Å²) in [5.41, 5.74) is 0.537. The molecule has 0 aliphatic heterocycles. The minimum atomic E-state index is 0.183. The molecule has 17 heavy (non-hydrogen) atoms. The summed E-state index contributed by atoms with van der Waals surface area (Å²) >= 11 is 6.09. The number of hydrogen-bond acceptors (Lipinski definition) is 2. The van der Waals surface area contributed by atoms with E-state index in [1.54, 1.807) is 18.2 Å². The molecule has 2 unspecified atom stereocenters. The number of carbonyl (C=O) groups excluding carboxylic acids is 1. The van der Waals surface area contributed by atoms with Gasteiger partial charge in [-0.25, -0.2) is 0 Å². The van der Waals surface area contributed by atoms with Crippen LogP contribution >= 0.6 is 11.6 Å². The van der Waals surface area contributed by atoms with Crippen LogP contribution in [0.4, 0.5) is 0 Å². The molecule has 1 aliphatic carbocycles. The molecule has 1 aromatic rings. The zero-order valence-electron chi connectivity index (χ0n) is 9.99. The number of benzene rings is 1. The van der Waals surface area contributed by atoms with E-state index >= 15 is 0 Å². The van der Waals surface area contributed by atoms with Gasteiger partial charge in [-0.05, 0) is 37.3 Å². The van der Waals surface area contributed by atoms with Crippen molar-refractivity contribution in [3.8, 4) is 5.75 Å². The Bertz CT molecular complexity index is 403. The Morgan fingerprint density at radius 1 is 1.35 bits per heavy atom. The summed E-state index contributed by atoms with van der Waals surface area (Å²) in [5, 5.41) is 0.521. The maximum absolute atomic E-state index is 11.0. The predicted octanol–water partition coefficient (Wildman–Crippen LogP) is 4.11. The van der Waals surface area contributed by atoms with Gasteiger partial charge in [-0.15, -0.1) is 0 Å². The Balaban J connectivity index is 2.19. The number of hydrogen-bond donors (Lipinski definition) is 0. The molecular formula is C14H17ClO2. The van der Waals surface area contributed by atoms with E-state index in [2.05, 4.69) is 6.92 Å². The highest BCUT2D eigenvalue weighted by Gasteiger charge is 2.24. The molecule has 3 heteroatoms. The molecule has 0 bridgehead atoms. The first-order valence-corrected chi connectivity index (χ1v) is 6.50. The van der Waals surface area contributed by atoms with Crippen molar-refractivity contribution in [2.45, 2.75) is 38.7 Å². The van der Waals surface area contributed by atoms with Crippen LogP contribution in [0, 0.1) is 5.92 Å². The molecule has 2 atom stereocenters. The van der Waals surface area contributed by atoms with Crippen molar-refractivity contribution in [1.29, 1.82) is 0 Å². The predicted molar refractivity (Wildman–Crippen MR) is 68.9 cm³/mol. The summed E-state index contributed by atoms with van der Waals surface area (Å²) < 4.78 is 5.96. The third kappa shape index (κ3) is 2.81. The van der Waals surface area contributed by atoms with Crippen LogP contribution in [-0.4, -0.2) is 12.4 Å². The molecule has 2 rings (SSSR count). The normalized spacial score (nSPS) is 24.4. The van der Waals surface area contributed by atoms with Gasteiger partial charge in [0.25, 0.3) is 0 Å². The van der Waals surface area contributed by atoms with Gasteiger partial charge in [0.05, 0.1) is 10.6 Å². The van der Waals surface area contributed by atoms with Crippen molar-refractivity contribution in [3.63, 3.8) is 0 Å². The first-order chi connectivity index (χ1) is 8.22. The Kier molecular flexibility index (Phi) is 4.06. The lowest BCUT2D eigenvalue weighted by atomic mass is 9.88. The van der Waals surface area contributed by atoms with E-state index in [1.165, 1.54) is 19.3 Å². The van der Waals surface area contributed by atoms with Crippen molar-refractivity contribution < 1.29 is 9.53 Å². The third-order valence-corrected chi connectivity index (χ3v) is 3.72. The van der Waals surface area contributed by atoms with Crippen LogP contribution in [0.25, 0.3) is 0 Å². The molecule has 0 radical (unpaired) electrons. The highest BCUT2D eigenvalue weighted by Crippen LogP contribution is 2.33. The molecule has 0 spiro atoms. The molecule has 1 fully saturated rings. The summed E-state index contributed by atoms with van der Waals surface area (Å²) in [6.45, 7) is 2.20. The third-order valence-electron chi connectivity index (χ3n) is 3.43. The number of rotatable bonds is 3. The standard InChI is InChI=1S/C14H17ClO2/c1-10-5-2-3-8-13(10)17-14-11(9-16)6-4-7-12(14)15/h4,6-7,9-10,13H,2-3,5,8H2,1H3. The first kappa shape index (κ1) is 12.4. The first-order valence-electron chi connectivity index (χ1n) is 6.12. The fraction of sp³-hybridized carbons (Fsp3) is 0.500. The molecule has 2 nitrogen and oxygen atoms in total. The molecule has 1 saturated carbocycles. The molecular weight excluding hydrogens is 236 g/mol. The SMILES string of the molecule is CC1CCCCC1Oc1c(Cl)cccc1C=O. The van der Waals surface area contributed by atoms with Gasteiger partial charge in [0.15, 0.2) is 6.29 Å². The lowest BCUT2D eigenvalue weighted by Crippen LogP contribution is -2.28. The van der Waals surface area contributed by atoms with E-state index in [-0.39, 0.29) is 6.10 Å². The smallest absolute Gasteiger partial charge is 0.153 e. The van der Waals surface area contributed by atoms with Gasteiger partial charge in [0.1, 0.15) is 11.9 Å². The average molecular weight is 253 g/mol. The number of aldehydes is 1. The average Bonchev–Trinajstić information content (AvgIpc) is 2.34. The largest absolute Gasteiger partial charge is 0.488 e. The Morgan fingerprint density at radius 3 is 2.82 bits per heavy atom. The minimum absolute atomic E-state index is 0.183. The van der Waals surface area contributed by atoms with Crippen LogP contribution in [0.1, 0.15) is 43.0 Å². The molecule has 92 valence electrons. The van der Waals surface area contributed by atoms with Crippen LogP contribution in [0.5, 0.6) is 5.75 Å². The molecule has 0 saturated heterocycles. The second-order valence-electron chi connectivity index (χ2n) is 4.69. The summed E-state index contributed by atoms with van der Waals surface area (Å²) in [5.74, 6) is 1.07.